The number of benzene rings is 2. The summed E-state index contributed by atoms with van der Waals surface area (Å²) in [5, 5.41) is 11.3. The van der Waals surface area contributed by atoms with Gasteiger partial charge in [0.05, 0.1) is 5.69 Å². The molecule has 0 aliphatic heterocycles. The highest BCUT2D eigenvalue weighted by atomic mass is 32.2. The molecule has 0 bridgehead atoms. The Morgan fingerprint density at radius 1 is 1.10 bits per heavy atom. The first-order chi connectivity index (χ1) is 14.9. The number of primary sulfonamides is 1. The number of nitrogens with one attached hydrogen (secondary N) is 2. The highest BCUT2D eigenvalue weighted by Gasteiger charge is 2.24. The third kappa shape index (κ3) is 6.03. The number of sulfonamides is 1. The molecule has 31 heavy (non-hydrogen) atoms. The van der Waals surface area contributed by atoms with Gasteiger partial charge in [-0.3, -0.25) is 4.79 Å². The van der Waals surface area contributed by atoms with E-state index in [0.29, 0.717) is 23.8 Å². The summed E-state index contributed by atoms with van der Waals surface area (Å²) >= 11 is 0. The minimum atomic E-state index is -4.20. The Hall–Kier alpha value is -3.43. The van der Waals surface area contributed by atoms with Crippen molar-refractivity contribution in [3.8, 4) is 11.5 Å². The normalized spacial score (nSPS) is 11.0. The maximum atomic E-state index is 12.8. The van der Waals surface area contributed by atoms with Crippen molar-refractivity contribution in [2.45, 2.75) is 24.7 Å². The molecule has 0 atom stereocenters. The van der Waals surface area contributed by atoms with Crippen molar-refractivity contribution in [1.82, 2.24) is 4.98 Å². The van der Waals surface area contributed by atoms with Gasteiger partial charge in [-0.1, -0.05) is 37.6 Å². The van der Waals surface area contributed by atoms with Crippen LogP contribution >= 0.6 is 0 Å². The lowest BCUT2D eigenvalue weighted by molar-refractivity contribution is 0.102. The number of carbonyl (C=O) groups excluding carboxylic acids is 1. The molecule has 1 amide bonds. The van der Waals surface area contributed by atoms with Crippen LogP contribution in [0.15, 0.2) is 71.8 Å². The van der Waals surface area contributed by atoms with Gasteiger partial charge in [-0.15, -0.1) is 0 Å². The minimum absolute atomic E-state index is 0.0409. The average Bonchev–Trinajstić information content (AvgIpc) is 2.75. The number of para-hydroxylation sites is 1. The summed E-state index contributed by atoms with van der Waals surface area (Å²) in [5.41, 5.74) is 0.462. The molecule has 0 spiro atoms. The second-order valence-electron chi connectivity index (χ2n) is 6.76. The van der Waals surface area contributed by atoms with Gasteiger partial charge in [-0.25, -0.2) is 18.5 Å². The molecule has 0 unspecified atom stereocenters. The number of hydrogen-bond donors (Lipinski definition) is 3. The van der Waals surface area contributed by atoms with Crippen molar-refractivity contribution in [3.05, 3.63) is 72.4 Å². The van der Waals surface area contributed by atoms with E-state index < -0.39 is 15.9 Å². The van der Waals surface area contributed by atoms with Crippen LogP contribution < -0.4 is 20.5 Å². The fourth-order valence-corrected chi connectivity index (χ4v) is 3.51. The number of unbranched alkanes of at least 4 members (excludes halogenated alkanes) is 1. The molecule has 2 aromatic carbocycles. The maximum Gasteiger partial charge on any atom is 0.256 e. The fraction of sp³-hybridized carbons (Fsp3) is 0.182. The maximum absolute atomic E-state index is 12.8. The molecular formula is C22H24N4O4S. The summed E-state index contributed by atoms with van der Waals surface area (Å²) in [5.74, 6) is 0.305. The number of hydrogen-bond acceptors (Lipinski definition) is 6. The van der Waals surface area contributed by atoms with E-state index in [-0.39, 0.29) is 16.2 Å². The van der Waals surface area contributed by atoms with Crippen molar-refractivity contribution in [2.24, 2.45) is 5.14 Å². The average molecular weight is 441 g/mol. The van der Waals surface area contributed by atoms with Crippen LogP contribution in [-0.2, 0) is 10.0 Å². The predicted octanol–water partition coefficient (Wildman–Crippen LogP) is 3.99. The highest BCUT2D eigenvalue weighted by molar-refractivity contribution is 7.89. The van der Waals surface area contributed by atoms with Gasteiger partial charge in [-0.2, -0.15) is 0 Å². The molecule has 4 N–H and O–H groups in total. The van der Waals surface area contributed by atoms with Crippen LogP contribution in [0.5, 0.6) is 11.5 Å². The molecule has 3 rings (SSSR count). The van der Waals surface area contributed by atoms with E-state index in [1.165, 1.54) is 6.07 Å². The van der Waals surface area contributed by atoms with E-state index in [2.05, 4.69) is 15.6 Å². The van der Waals surface area contributed by atoms with Crippen LogP contribution in [0.25, 0.3) is 0 Å². The fourth-order valence-electron chi connectivity index (χ4n) is 2.81. The number of nitrogens with two attached hydrogens (primary N) is 1. The van der Waals surface area contributed by atoms with Crippen molar-refractivity contribution < 1.29 is 17.9 Å². The van der Waals surface area contributed by atoms with Crippen molar-refractivity contribution in [3.63, 3.8) is 0 Å². The van der Waals surface area contributed by atoms with Gasteiger partial charge < -0.3 is 15.4 Å². The molecular weight excluding hydrogens is 416 g/mol. The van der Waals surface area contributed by atoms with Crippen molar-refractivity contribution in [2.75, 3.05) is 17.2 Å². The van der Waals surface area contributed by atoms with Crippen molar-refractivity contribution >= 4 is 27.4 Å². The molecule has 0 saturated heterocycles. The van der Waals surface area contributed by atoms with E-state index in [4.69, 9.17) is 9.88 Å². The van der Waals surface area contributed by atoms with Crippen LogP contribution in [0.1, 0.15) is 30.1 Å². The molecule has 0 aliphatic carbocycles. The number of rotatable bonds is 9. The number of nitrogens with zero attached hydrogens (tertiary/aromatic N) is 1. The standard InChI is InChI=1S/C22H24N4O4S/c1-2-3-12-24-18-14-16(22(27)26-20-11-7-8-13-25-20)15-19(31(23,28)29)21(18)30-17-9-5-4-6-10-17/h4-11,13-15,24H,2-3,12H2,1H3,(H2,23,28,29)(H,25,26,27). The number of ether oxygens (including phenoxy) is 1. The summed E-state index contributed by atoms with van der Waals surface area (Å²) in [7, 11) is -4.20. The Kier molecular flexibility index (Phi) is 7.22. The van der Waals surface area contributed by atoms with Gasteiger partial charge in [0.15, 0.2) is 5.75 Å². The Morgan fingerprint density at radius 2 is 1.84 bits per heavy atom. The molecule has 0 radical (unpaired) electrons. The molecule has 0 fully saturated rings. The Labute approximate surface area is 181 Å². The quantitative estimate of drug-likeness (QED) is 0.432. The number of amides is 1. The first-order valence-electron chi connectivity index (χ1n) is 9.78. The van der Waals surface area contributed by atoms with Gasteiger partial charge >= 0.3 is 0 Å². The van der Waals surface area contributed by atoms with Crippen LogP contribution in [0, 0.1) is 0 Å². The Balaban J connectivity index is 2.06. The van der Waals surface area contributed by atoms with Gasteiger partial charge in [0.25, 0.3) is 5.91 Å². The largest absolute Gasteiger partial charge is 0.454 e. The monoisotopic (exact) mass is 440 g/mol. The second-order valence-corrected chi connectivity index (χ2v) is 8.29. The molecule has 0 aliphatic rings. The summed E-state index contributed by atoms with van der Waals surface area (Å²) in [4.78, 5) is 16.6. The van der Waals surface area contributed by atoms with Crippen LogP contribution in [0.2, 0.25) is 0 Å². The topological polar surface area (TPSA) is 123 Å². The number of anilines is 2. The lowest BCUT2D eigenvalue weighted by Gasteiger charge is -2.18. The summed E-state index contributed by atoms with van der Waals surface area (Å²) in [6.45, 7) is 2.60. The molecule has 3 aromatic rings. The van der Waals surface area contributed by atoms with Gasteiger partial charge in [0.1, 0.15) is 16.5 Å². The predicted molar refractivity (Wildman–Crippen MR) is 120 cm³/mol. The molecule has 0 saturated carbocycles. The zero-order chi connectivity index (χ0) is 22.3. The number of pyridine rings is 1. The lowest BCUT2D eigenvalue weighted by Crippen LogP contribution is -2.18. The summed E-state index contributed by atoms with van der Waals surface area (Å²) in [6.07, 6.45) is 3.32. The Morgan fingerprint density at radius 3 is 2.48 bits per heavy atom. The van der Waals surface area contributed by atoms with Gasteiger partial charge in [0.2, 0.25) is 10.0 Å². The SMILES string of the molecule is CCCCNc1cc(C(=O)Nc2ccccn2)cc(S(N)(=O)=O)c1Oc1ccccc1. The van der Waals surface area contributed by atoms with Crippen LogP contribution in [-0.4, -0.2) is 25.9 Å². The number of aromatic nitrogens is 1. The van der Waals surface area contributed by atoms with E-state index in [1.807, 2.05) is 13.0 Å². The second kappa shape index (κ2) is 10.1. The minimum Gasteiger partial charge on any atom is -0.454 e. The van der Waals surface area contributed by atoms with Gasteiger partial charge in [-0.05, 0) is 42.8 Å². The van der Waals surface area contributed by atoms with Crippen LogP contribution in [0.3, 0.4) is 0 Å². The number of carbonyl (C=O) groups is 1. The highest BCUT2D eigenvalue weighted by Crippen LogP contribution is 2.37. The van der Waals surface area contributed by atoms with Crippen molar-refractivity contribution in [1.29, 1.82) is 0 Å². The summed E-state index contributed by atoms with van der Waals surface area (Å²) in [6, 6.07) is 16.6. The Bertz CT molecular complexity index is 1140. The van der Waals surface area contributed by atoms with Crippen LogP contribution in [0.4, 0.5) is 11.5 Å². The van der Waals surface area contributed by atoms with Gasteiger partial charge in [0, 0.05) is 18.3 Å². The van der Waals surface area contributed by atoms with E-state index in [1.54, 1.807) is 54.7 Å². The molecule has 1 heterocycles. The third-order valence-corrected chi connectivity index (χ3v) is 5.26. The van der Waals surface area contributed by atoms with E-state index >= 15 is 0 Å². The smallest absolute Gasteiger partial charge is 0.256 e. The third-order valence-electron chi connectivity index (χ3n) is 4.34. The molecule has 9 heteroatoms. The lowest BCUT2D eigenvalue weighted by atomic mass is 10.1. The van der Waals surface area contributed by atoms with E-state index in [9.17, 15) is 13.2 Å². The molecule has 162 valence electrons. The zero-order valence-corrected chi connectivity index (χ0v) is 17.9. The molecule has 8 nitrogen and oxygen atoms in total. The zero-order valence-electron chi connectivity index (χ0n) is 17.0. The molecule has 1 aromatic heterocycles. The first kappa shape index (κ1) is 22.3. The first-order valence-corrected chi connectivity index (χ1v) is 11.3. The summed E-state index contributed by atoms with van der Waals surface area (Å²) < 4.78 is 30.7. The van der Waals surface area contributed by atoms with E-state index in [0.717, 1.165) is 12.8 Å².